The van der Waals surface area contributed by atoms with E-state index < -0.39 is 0 Å². The van der Waals surface area contributed by atoms with Gasteiger partial charge >= 0.3 is 0 Å². The van der Waals surface area contributed by atoms with Crippen molar-refractivity contribution in [1.82, 2.24) is 10.6 Å². The van der Waals surface area contributed by atoms with Crippen molar-refractivity contribution in [3.8, 4) is 0 Å². The van der Waals surface area contributed by atoms with E-state index in [9.17, 15) is 4.79 Å². The van der Waals surface area contributed by atoms with Gasteiger partial charge in [-0.3, -0.25) is 4.79 Å². The van der Waals surface area contributed by atoms with E-state index in [0.717, 1.165) is 32.5 Å². The Hall–Kier alpha value is -0.570. The summed E-state index contributed by atoms with van der Waals surface area (Å²) in [5.41, 5.74) is 0. The lowest BCUT2D eigenvalue weighted by molar-refractivity contribution is -0.121. The van der Waals surface area contributed by atoms with Crippen LogP contribution in [0.5, 0.6) is 0 Å². The molecule has 88 valence electrons. The van der Waals surface area contributed by atoms with Crippen LogP contribution in [0.25, 0.3) is 0 Å². The Labute approximate surface area is 93.0 Å². The van der Waals surface area contributed by atoms with Crippen LogP contribution < -0.4 is 10.6 Å². The van der Waals surface area contributed by atoms with Crippen molar-refractivity contribution in [2.75, 3.05) is 19.6 Å². The molecule has 1 fully saturated rings. The molecule has 1 amide bonds. The van der Waals surface area contributed by atoms with Crippen molar-refractivity contribution in [3.05, 3.63) is 0 Å². The van der Waals surface area contributed by atoms with Gasteiger partial charge in [-0.25, -0.2) is 0 Å². The molecule has 3 nitrogen and oxygen atoms in total. The SMILES string of the molecule is CCCNCCNC(=O)CC1CCCC1. The monoisotopic (exact) mass is 212 g/mol. The summed E-state index contributed by atoms with van der Waals surface area (Å²) in [4.78, 5) is 11.5. The first kappa shape index (κ1) is 12.5. The van der Waals surface area contributed by atoms with Gasteiger partial charge in [-0.2, -0.15) is 0 Å². The van der Waals surface area contributed by atoms with Gasteiger partial charge in [0, 0.05) is 19.5 Å². The van der Waals surface area contributed by atoms with Crippen molar-refractivity contribution in [3.63, 3.8) is 0 Å². The maximum atomic E-state index is 11.5. The average molecular weight is 212 g/mol. The van der Waals surface area contributed by atoms with Gasteiger partial charge in [0.15, 0.2) is 0 Å². The summed E-state index contributed by atoms with van der Waals surface area (Å²) in [6.07, 6.45) is 7.03. The lowest BCUT2D eigenvalue weighted by Crippen LogP contribution is -2.32. The minimum absolute atomic E-state index is 0.236. The van der Waals surface area contributed by atoms with Crippen LogP contribution in [0.15, 0.2) is 0 Å². The third kappa shape index (κ3) is 5.78. The number of hydrogen-bond donors (Lipinski definition) is 2. The van der Waals surface area contributed by atoms with E-state index in [1.807, 2.05) is 0 Å². The molecule has 0 spiro atoms. The Balaban J connectivity index is 1.93. The molecule has 0 aliphatic heterocycles. The Morgan fingerprint density at radius 1 is 1.20 bits per heavy atom. The highest BCUT2D eigenvalue weighted by Crippen LogP contribution is 2.27. The summed E-state index contributed by atoms with van der Waals surface area (Å²) in [7, 11) is 0. The molecule has 1 aliphatic carbocycles. The molecule has 0 unspecified atom stereocenters. The Bertz CT molecular complexity index is 176. The molecular weight excluding hydrogens is 188 g/mol. The number of carbonyl (C=O) groups excluding carboxylic acids is 1. The third-order valence-electron chi connectivity index (χ3n) is 3.00. The maximum Gasteiger partial charge on any atom is 0.220 e. The molecule has 0 aromatic rings. The van der Waals surface area contributed by atoms with E-state index in [0.29, 0.717) is 5.92 Å². The van der Waals surface area contributed by atoms with Crippen LogP contribution in [-0.2, 0) is 4.79 Å². The van der Waals surface area contributed by atoms with Crippen LogP contribution in [0.1, 0.15) is 45.4 Å². The van der Waals surface area contributed by atoms with Crippen LogP contribution in [-0.4, -0.2) is 25.5 Å². The molecule has 0 aromatic carbocycles. The zero-order chi connectivity index (χ0) is 10.9. The molecule has 0 saturated heterocycles. The lowest BCUT2D eigenvalue weighted by Gasteiger charge is -2.09. The summed E-state index contributed by atoms with van der Waals surface area (Å²) in [5, 5.41) is 6.24. The van der Waals surface area contributed by atoms with E-state index in [-0.39, 0.29) is 5.91 Å². The largest absolute Gasteiger partial charge is 0.355 e. The van der Waals surface area contributed by atoms with E-state index >= 15 is 0 Å². The fourth-order valence-electron chi connectivity index (χ4n) is 2.14. The summed E-state index contributed by atoms with van der Waals surface area (Å²) in [6.45, 7) is 4.85. The normalized spacial score (nSPS) is 16.9. The van der Waals surface area contributed by atoms with E-state index in [2.05, 4.69) is 17.6 Å². The highest BCUT2D eigenvalue weighted by molar-refractivity contribution is 5.76. The first-order valence-electron chi connectivity index (χ1n) is 6.30. The second-order valence-electron chi connectivity index (χ2n) is 4.45. The van der Waals surface area contributed by atoms with Crippen LogP contribution in [0.3, 0.4) is 0 Å². The molecule has 1 aliphatic rings. The molecule has 1 rings (SSSR count). The van der Waals surface area contributed by atoms with Crippen molar-refractivity contribution in [2.24, 2.45) is 5.92 Å². The van der Waals surface area contributed by atoms with Gasteiger partial charge in [0.25, 0.3) is 0 Å². The zero-order valence-electron chi connectivity index (χ0n) is 9.85. The number of nitrogens with one attached hydrogen (secondary N) is 2. The van der Waals surface area contributed by atoms with Gasteiger partial charge in [0.05, 0.1) is 0 Å². The molecule has 0 radical (unpaired) electrons. The summed E-state index contributed by atoms with van der Waals surface area (Å²) in [5.74, 6) is 0.897. The number of carbonyl (C=O) groups is 1. The topological polar surface area (TPSA) is 41.1 Å². The third-order valence-corrected chi connectivity index (χ3v) is 3.00. The Morgan fingerprint density at radius 3 is 2.60 bits per heavy atom. The molecule has 1 saturated carbocycles. The van der Waals surface area contributed by atoms with Gasteiger partial charge in [0.1, 0.15) is 0 Å². The first-order valence-corrected chi connectivity index (χ1v) is 6.30. The van der Waals surface area contributed by atoms with Crippen molar-refractivity contribution < 1.29 is 4.79 Å². The molecule has 3 heteroatoms. The minimum Gasteiger partial charge on any atom is -0.355 e. The molecule has 0 atom stereocenters. The summed E-state index contributed by atoms with van der Waals surface area (Å²) >= 11 is 0. The fourth-order valence-corrected chi connectivity index (χ4v) is 2.14. The van der Waals surface area contributed by atoms with Crippen molar-refractivity contribution in [2.45, 2.75) is 45.4 Å². The maximum absolute atomic E-state index is 11.5. The molecule has 0 heterocycles. The van der Waals surface area contributed by atoms with Gasteiger partial charge in [-0.1, -0.05) is 19.8 Å². The van der Waals surface area contributed by atoms with E-state index in [1.165, 1.54) is 25.7 Å². The Morgan fingerprint density at radius 2 is 1.93 bits per heavy atom. The molecule has 2 N–H and O–H groups in total. The van der Waals surface area contributed by atoms with Crippen LogP contribution in [0, 0.1) is 5.92 Å². The number of amides is 1. The summed E-state index contributed by atoms with van der Waals surface area (Å²) in [6, 6.07) is 0. The smallest absolute Gasteiger partial charge is 0.220 e. The summed E-state index contributed by atoms with van der Waals surface area (Å²) < 4.78 is 0. The molecule has 15 heavy (non-hydrogen) atoms. The first-order chi connectivity index (χ1) is 7.33. The quantitative estimate of drug-likeness (QED) is 0.630. The zero-order valence-corrected chi connectivity index (χ0v) is 9.85. The van der Waals surface area contributed by atoms with E-state index in [1.54, 1.807) is 0 Å². The Kier molecular flexibility index (Phi) is 6.41. The van der Waals surface area contributed by atoms with Crippen molar-refractivity contribution >= 4 is 5.91 Å². The van der Waals surface area contributed by atoms with Crippen LogP contribution >= 0.6 is 0 Å². The van der Waals surface area contributed by atoms with E-state index in [4.69, 9.17) is 0 Å². The second-order valence-corrected chi connectivity index (χ2v) is 4.45. The average Bonchev–Trinajstić information content (AvgIpc) is 2.70. The molecule has 0 aromatic heterocycles. The minimum atomic E-state index is 0.236. The van der Waals surface area contributed by atoms with Gasteiger partial charge in [-0.15, -0.1) is 0 Å². The highest BCUT2D eigenvalue weighted by atomic mass is 16.1. The predicted molar refractivity (Wildman–Crippen MR) is 62.7 cm³/mol. The lowest BCUT2D eigenvalue weighted by atomic mass is 10.0. The standard InChI is InChI=1S/C12H24N2O/c1-2-7-13-8-9-14-12(15)10-11-5-3-4-6-11/h11,13H,2-10H2,1H3,(H,14,15). The predicted octanol–water partition coefficient (Wildman–Crippen LogP) is 1.68. The highest BCUT2D eigenvalue weighted by Gasteiger charge is 2.17. The van der Waals surface area contributed by atoms with Gasteiger partial charge in [-0.05, 0) is 31.7 Å². The van der Waals surface area contributed by atoms with Crippen LogP contribution in [0.2, 0.25) is 0 Å². The fraction of sp³-hybridized carbons (Fsp3) is 0.917. The van der Waals surface area contributed by atoms with Gasteiger partial charge < -0.3 is 10.6 Å². The molecule has 0 bridgehead atoms. The van der Waals surface area contributed by atoms with Crippen LogP contribution in [0.4, 0.5) is 0 Å². The second kappa shape index (κ2) is 7.69. The number of hydrogen-bond acceptors (Lipinski definition) is 2. The number of rotatable bonds is 7. The van der Waals surface area contributed by atoms with Crippen molar-refractivity contribution in [1.29, 1.82) is 0 Å². The van der Waals surface area contributed by atoms with Gasteiger partial charge in [0.2, 0.25) is 5.91 Å². The molecular formula is C12H24N2O.